The van der Waals surface area contributed by atoms with Crippen molar-refractivity contribution in [2.24, 2.45) is 0 Å². The van der Waals surface area contributed by atoms with Gasteiger partial charge in [-0.05, 0) is 41.6 Å². The number of nitrogens with zero attached hydrogens (tertiary/aromatic N) is 1. The van der Waals surface area contributed by atoms with Crippen molar-refractivity contribution >= 4 is 39.0 Å². The summed E-state index contributed by atoms with van der Waals surface area (Å²) in [4.78, 5) is 26.9. The number of aryl methyl sites for hydroxylation is 1. The van der Waals surface area contributed by atoms with Gasteiger partial charge in [0.2, 0.25) is 0 Å². The number of esters is 1. The van der Waals surface area contributed by atoms with Gasteiger partial charge in [-0.2, -0.15) is 0 Å². The first-order valence-corrected chi connectivity index (χ1v) is 9.45. The van der Waals surface area contributed by atoms with Gasteiger partial charge in [-0.1, -0.05) is 30.3 Å². The number of amides is 1. The summed E-state index contributed by atoms with van der Waals surface area (Å²) in [6.07, 6.45) is 0. The van der Waals surface area contributed by atoms with Crippen LogP contribution in [0.15, 0.2) is 48.5 Å². The maximum Gasteiger partial charge on any atom is 0.349 e. The molecule has 0 aliphatic heterocycles. The van der Waals surface area contributed by atoms with Crippen LogP contribution < -0.4 is 10.2 Å². The second-order valence-electron chi connectivity index (χ2n) is 6.47. The lowest BCUT2D eigenvalue weighted by atomic mass is 10.1. The molecule has 140 valence electrons. The van der Waals surface area contributed by atoms with Gasteiger partial charge in [0, 0.05) is 31.0 Å². The van der Waals surface area contributed by atoms with E-state index in [1.807, 2.05) is 74.4 Å². The molecule has 0 unspecified atom stereocenters. The average Bonchev–Trinajstić information content (AvgIpc) is 3.02. The summed E-state index contributed by atoms with van der Waals surface area (Å²) in [6, 6.07) is 15.7. The highest BCUT2D eigenvalue weighted by Crippen LogP contribution is 2.30. The number of benzene rings is 2. The van der Waals surface area contributed by atoms with Gasteiger partial charge in [0.1, 0.15) is 4.88 Å². The largest absolute Gasteiger partial charge is 0.451 e. The molecule has 1 heterocycles. The minimum atomic E-state index is -0.459. The van der Waals surface area contributed by atoms with Crippen LogP contribution in [-0.2, 0) is 16.1 Å². The van der Waals surface area contributed by atoms with E-state index in [0.29, 0.717) is 11.4 Å². The molecule has 1 amide bonds. The van der Waals surface area contributed by atoms with Gasteiger partial charge in [0.15, 0.2) is 6.61 Å². The number of hydrogen-bond acceptors (Lipinski definition) is 5. The smallest absolute Gasteiger partial charge is 0.349 e. The van der Waals surface area contributed by atoms with Crippen molar-refractivity contribution in [3.63, 3.8) is 0 Å². The van der Waals surface area contributed by atoms with Crippen molar-refractivity contribution in [2.45, 2.75) is 13.5 Å². The zero-order valence-corrected chi connectivity index (χ0v) is 16.4. The summed E-state index contributed by atoms with van der Waals surface area (Å²) in [5.41, 5.74) is 2.97. The molecular formula is C21H22N2O3S. The summed E-state index contributed by atoms with van der Waals surface area (Å²) in [6.45, 7) is 2.00. The minimum absolute atomic E-state index is 0.289. The monoisotopic (exact) mass is 382 g/mol. The quantitative estimate of drug-likeness (QED) is 0.660. The Morgan fingerprint density at radius 2 is 1.78 bits per heavy atom. The maximum absolute atomic E-state index is 12.3. The van der Waals surface area contributed by atoms with Crippen LogP contribution in [0.4, 0.5) is 5.69 Å². The SMILES string of the molecule is Cc1c(C(=O)OCC(=O)NCc2ccc(N(C)C)cc2)sc2ccccc12. The van der Waals surface area contributed by atoms with Crippen molar-refractivity contribution in [2.75, 3.05) is 25.6 Å². The van der Waals surface area contributed by atoms with E-state index >= 15 is 0 Å². The number of carbonyl (C=O) groups excluding carboxylic acids is 2. The van der Waals surface area contributed by atoms with Gasteiger partial charge in [0.05, 0.1) is 0 Å². The zero-order chi connectivity index (χ0) is 19.4. The predicted octanol–water partition coefficient (Wildman–Crippen LogP) is 3.75. The van der Waals surface area contributed by atoms with Crippen LogP contribution in [0.25, 0.3) is 10.1 Å². The Kier molecular flexibility index (Phi) is 5.76. The van der Waals surface area contributed by atoms with Gasteiger partial charge in [-0.3, -0.25) is 4.79 Å². The number of hydrogen-bond donors (Lipinski definition) is 1. The normalized spacial score (nSPS) is 10.6. The number of fused-ring (bicyclic) bond motifs is 1. The molecule has 3 aromatic rings. The molecule has 0 aliphatic rings. The second kappa shape index (κ2) is 8.22. The predicted molar refractivity (Wildman–Crippen MR) is 109 cm³/mol. The fourth-order valence-electron chi connectivity index (χ4n) is 2.73. The first-order valence-electron chi connectivity index (χ1n) is 8.64. The fourth-order valence-corrected chi connectivity index (χ4v) is 3.83. The van der Waals surface area contributed by atoms with Crippen molar-refractivity contribution in [3.8, 4) is 0 Å². The standard InChI is InChI=1S/C21H22N2O3S/c1-14-17-6-4-5-7-18(17)27-20(14)21(25)26-13-19(24)22-12-15-8-10-16(11-9-15)23(2)3/h4-11H,12-13H2,1-3H3,(H,22,24). The van der Waals surface area contributed by atoms with Crippen LogP contribution >= 0.6 is 11.3 Å². The van der Waals surface area contributed by atoms with Crippen LogP contribution in [0.1, 0.15) is 20.8 Å². The molecule has 0 spiro atoms. The topological polar surface area (TPSA) is 58.6 Å². The van der Waals surface area contributed by atoms with Gasteiger partial charge < -0.3 is 15.0 Å². The molecule has 0 saturated heterocycles. The van der Waals surface area contributed by atoms with Crippen LogP contribution in [-0.4, -0.2) is 32.6 Å². The van der Waals surface area contributed by atoms with E-state index < -0.39 is 5.97 Å². The molecule has 0 fully saturated rings. The highest BCUT2D eigenvalue weighted by Gasteiger charge is 2.17. The summed E-state index contributed by atoms with van der Waals surface area (Å²) >= 11 is 1.39. The average molecular weight is 382 g/mol. The van der Waals surface area contributed by atoms with Crippen LogP contribution in [0.3, 0.4) is 0 Å². The van der Waals surface area contributed by atoms with E-state index in [1.165, 1.54) is 11.3 Å². The maximum atomic E-state index is 12.3. The summed E-state index contributed by atoms with van der Waals surface area (Å²) in [5.74, 6) is -0.780. The van der Waals surface area contributed by atoms with Crippen LogP contribution in [0.2, 0.25) is 0 Å². The number of thiophene rings is 1. The fraction of sp³-hybridized carbons (Fsp3) is 0.238. The second-order valence-corrected chi connectivity index (χ2v) is 7.52. The molecule has 3 rings (SSSR count). The van der Waals surface area contributed by atoms with Gasteiger partial charge in [-0.25, -0.2) is 4.79 Å². The van der Waals surface area contributed by atoms with Gasteiger partial charge in [-0.15, -0.1) is 11.3 Å². The Balaban J connectivity index is 1.52. The number of nitrogens with one attached hydrogen (secondary N) is 1. The summed E-state index contributed by atoms with van der Waals surface area (Å²) < 4.78 is 6.23. The van der Waals surface area contributed by atoms with Crippen molar-refractivity contribution in [1.29, 1.82) is 0 Å². The highest BCUT2D eigenvalue weighted by molar-refractivity contribution is 7.21. The molecule has 0 radical (unpaired) electrons. The molecule has 0 aliphatic carbocycles. The molecule has 27 heavy (non-hydrogen) atoms. The number of anilines is 1. The molecule has 0 bridgehead atoms. The number of carbonyl (C=O) groups is 2. The lowest BCUT2D eigenvalue weighted by Crippen LogP contribution is -2.28. The summed E-state index contributed by atoms with van der Waals surface area (Å²) in [7, 11) is 3.95. The third-order valence-corrected chi connectivity index (χ3v) is 5.56. The van der Waals surface area contributed by atoms with Crippen LogP contribution in [0, 0.1) is 6.92 Å². The lowest BCUT2D eigenvalue weighted by molar-refractivity contribution is -0.124. The Bertz CT molecular complexity index is 961. The molecule has 2 aromatic carbocycles. The Morgan fingerprint density at radius 3 is 2.44 bits per heavy atom. The lowest BCUT2D eigenvalue weighted by Gasteiger charge is -2.13. The van der Waals surface area contributed by atoms with Crippen LogP contribution in [0.5, 0.6) is 0 Å². The Morgan fingerprint density at radius 1 is 1.07 bits per heavy atom. The molecule has 1 aromatic heterocycles. The first kappa shape index (κ1) is 18.9. The van der Waals surface area contributed by atoms with Crippen molar-refractivity contribution in [3.05, 3.63) is 64.5 Å². The minimum Gasteiger partial charge on any atom is -0.451 e. The first-order chi connectivity index (χ1) is 13.0. The van der Waals surface area contributed by atoms with E-state index in [1.54, 1.807) is 0 Å². The Labute approximate surface area is 162 Å². The summed E-state index contributed by atoms with van der Waals surface area (Å²) in [5, 5.41) is 3.81. The van der Waals surface area contributed by atoms with E-state index in [4.69, 9.17) is 4.74 Å². The molecule has 6 heteroatoms. The highest BCUT2D eigenvalue weighted by atomic mass is 32.1. The van der Waals surface area contributed by atoms with Crippen molar-refractivity contribution in [1.82, 2.24) is 5.32 Å². The van der Waals surface area contributed by atoms with E-state index in [9.17, 15) is 9.59 Å². The molecular weight excluding hydrogens is 360 g/mol. The molecule has 1 N–H and O–H groups in total. The zero-order valence-electron chi connectivity index (χ0n) is 15.6. The Hall–Kier alpha value is -2.86. The molecule has 0 saturated carbocycles. The molecule has 5 nitrogen and oxygen atoms in total. The van der Waals surface area contributed by atoms with Gasteiger partial charge >= 0.3 is 5.97 Å². The van der Waals surface area contributed by atoms with Gasteiger partial charge in [0.25, 0.3) is 5.91 Å². The van der Waals surface area contributed by atoms with E-state index in [2.05, 4.69) is 5.32 Å². The number of ether oxygens (including phenoxy) is 1. The molecule has 0 atom stereocenters. The third-order valence-electron chi connectivity index (χ3n) is 4.31. The van der Waals surface area contributed by atoms with E-state index in [-0.39, 0.29) is 12.5 Å². The number of rotatable bonds is 6. The van der Waals surface area contributed by atoms with E-state index in [0.717, 1.165) is 26.9 Å². The van der Waals surface area contributed by atoms with Crippen molar-refractivity contribution < 1.29 is 14.3 Å². The third kappa shape index (κ3) is 4.46.